The van der Waals surface area contributed by atoms with Crippen molar-refractivity contribution in [1.82, 2.24) is 15.3 Å². The van der Waals surface area contributed by atoms with Crippen LogP contribution in [0.15, 0.2) is 30.5 Å². The Morgan fingerprint density at radius 3 is 2.85 bits per heavy atom. The summed E-state index contributed by atoms with van der Waals surface area (Å²) in [5, 5.41) is 5.85. The molecule has 106 valence electrons. The van der Waals surface area contributed by atoms with Gasteiger partial charge in [-0.1, -0.05) is 12.1 Å². The first kappa shape index (κ1) is 14.2. The Morgan fingerprint density at radius 2 is 2.05 bits per heavy atom. The smallest absolute Gasteiger partial charge is 0.221 e. The maximum absolute atomic E-state index is 11.5. The molecule has 0 bridgehead atoms. The van der Waals surface area contributed by atoms with Crippen LogP contribution in [-0.2, 0) is 9.53 Å². The molecule has 0 saturated heterocycles. The van der Waals surface area contributed by atoms with Crippen molar-refractivity contribution < 1.29 is 9.53 Å². The lowest BCUT2D eigenvalue weighted by molar-refractivity contribution is -0.121. The number of fused-ring (bicyclic) bond motifs is 1. The highest BCUT2D eigenvalue weighted by Gasteiger charge is 2.02. The number of nitrogens with zero attached hydrogens (tertiary/aromatic N) is 2. The lowest BCUT2D eigenvalue weighted by Gasteiger charge is -2.07. The molecule has 0 aliphatic heterocycles. The summed E-state index contributed by atoms with van der Waals surface area (Å²) < 4.78 is 4.86. The largest absolute Gasteiger partial charge is 0.383 e. The van der Waals surface area contributed by atoms with Crippen molar-refractivity contribution in [2.24, 2.45) is 0 Å². The van der Waals surface area contributed by atoms with Gasteiger partial charge < -0.3 is 15.4 Å². The number of methoxy groups -OCH3 is 1. The van der Waals surface area contributed by atoms with E-state index in [-0.39, 0.29) is 5.91 Å². The van der Waals surface area contributed by atoms with Crippen molar-refractivity contribution in [3.63, 3.8) is 0 Å². The maximum Gasteiger partial charge on any atom is 0.221 e. The minimum Gasteiger partial charge on any atom is -0.383 e. The van der Waals surface area contributed by atoms with E-state index >= 15 is 0 Å². The van der Waals surface area contributed by atoms with Gasteiger partial charge in [-0.3, -0.25) is 9.78 Å². The Morgan fingerprint density at radius 1 is 1.25 bits per heavy atom. The van der Waals surface area contributed by atoms with E-state index in [0.29, 0.717) is 31.9 Å². The first-order valence-electron chi connectivity index (χ1n) is 6.51. The first-order chi connectivity index (χ1) is 9.79. The third-order valence-corrected chi connectivity index (χ3v) is 2.74. The number of rotatable bonds is 7. The number of aromatic nitrogens is 2. The first-order valence-corrected chi connectivity index (χ1v) is 6.51. The predicted octanol–water partition coefficient (Wildman–Crippen LogP) is 1.19. The second-order valence-electron chi connectivity index (χ2n) is 4.26. The van der Waals surface area contributed by atoms with Crippen LogP contribution in [0.3, 0.4) is 0 Å². The van der Waals surface area contributed by atoms with Gasteiger partial charge in [-0.05, 0) is 12.1 Å². The fourth-order valence-corrected chi connectivity index (χ4v) is 1.73. The molecule has 20 heavy (non-hydrogen) atoms. The Kier molecular flexibility index (Phi) is 5.25. The van der Waals surface area contributed by atoms with Crippen molar-refractivity contribution >= 4 is 22.8 Å². The Balaban J connectivity index is 1.79. The van der Waals surface area contributed by atoms with Gasteiger partial charge in [0.15, 0.2) is 0 Å². The molecule has 2 N–H and O–H groups in total. The number of amides is 1. The fourth-order valence-electron chi connectivity index (χ4n) is 1.73. The van der Waals surface area contributed by atoms with Crippen molar-refractivity contribution in [3.8, 4) is 0 Å². The summed E-state index contributed by atoms with van der Waals surface area (Å²) in [6.07, 6.45) is 2.06. The van der Waals surface area contributed by atoms with Gasteiger partial charge in [-0.25, -0.2) is 4.98 Å². The van der Waals surface area contributed by atoms with Gasteiger partial charge in [0, 0.05) is 26.6 Å². The normalized spacial score (nSPS) is 10.4. The predicted molar refractivity (Wildman–Crippen MR) is 77.5 cm³/mol. The highest BCUT2D eigenvalue weighted by atomic mass is 16.5. The maximum atomic E-state index is 11.5. The molecular weight excluding hydrogens is 256 g/mol. The SMILES string of the molecule is COCCNC(=O)CCNc1cnc2ccccc2n1. The number of benzene rings is 1. The van der Waals surface area contributed by atoms with Crippen molar-refractivity contribution in [1.29, 1.82) is 0 Å². The molecule has 2 rings (SSSR count). The Labute approximate surface area is 117 Å². The van der Waals surface area contributed by atoms with Gasteiger partial charge >= 0.3 is 0 Å². The van der Waals surface area contributed by atoms with Gasteiger partial charge in [-0.2, -0.15) is 0 Å². The average molecular weight is 274 g/mol. The van der Waals surface area contributed by atoms with E-state index in [1.54, 1.807) is 13.3 Å². The molecule has 1 heterocycles. The molecule has 0 radical (unpaired) electrons. The van der Waals surface area contributed by atoms with Crippen LogP contribution in [-0.4, -0.2) is 42.7 Å². The zero-order valence-electron chi connectivity index (χ0n) is 11.4. The van der Waals surface area contributed by atoms with Crippen LogP contribution in [0.5, 0.6) is 0 Å². The molecule has 0 aliphatic rings. The molecule has 6 nitrogen and oxygen atoms in total. The number of hydrogen-bond donors (Lipinski definition) is 2. The third-order valence-electron chi connectivity index (χ3n) is 2.74. The fraction of sp³-hybridized carbons (Fsp3) is 0.357. The molecule has 1 aromatic heterocycles. The van der Waals surface area contributed by atoms with E-state index in [1.807, 2.05) is 24.3 Å². The van der Waals surface area contributed by atoms with Crippen LogP contribution < -0.4 is 10.6 Å². The number of hydrogen-bond acceptors (Lipinski definition) is 5. The summed E-state index contributed by atoms with van der Waals surface area (Å²) in [6.45, 7) is 1.58. The highest BCUT2D eigenvalue weighted by molar-refractivity contribution is 5.77. The average Bonchev–Trinajstić information content (AvgIpc) is 2.47. The lowest BCUT2D eigenvalue weighted by atomic mass is 10.3. The van der Waals surface area contributed by atoms with E-state index in [4.69, 9.17) is 4.74 Å². The Hall–Kier alpha value is -2.21. The second-order valence-corrected chi connectivity index (χ2v) is 4.26. The summed E-state index contributed by atoms with van der Waals surface area (Å²) in [4.78, 5) is 20.2. The second kappa shape index (κ2) is 7.40. The number of para-hydroxylation sites is 2. The van der Waals surface area contributed by atoms with E-state index in [9.17, 15) is 4.79 Å². The molecule has 0 aliphatic carbocycles. The van der Waals surface area contributed by atoms with Crippen LogP contribution in [0.2, 0.25) is 0 Å². The van der Waals surface area contributed by atoms with E-state index in [2.05, 4.69) is 20.6 Å². The standard InChI is InChI=1S/C14H18N4O2/c1-20-9-8-16-14(19)6-7-15-13-10-17-11-4-2-3-5-12(11)18-13/h2-5,10H,6-9H2,1H3,(H,15,18)(H,16,19). The number of carbonyl (C=O) groups is 1. The zero-order valence-corrected chi connectivity index (χ0v) is 11.4. The molecule has 0 unspecified atom stereocenters. The van der Waals surface area contributed by atoms with Crippen molar-refractivity contribution in [3.05, 3.63) is 30.5 Å². The summed E-state index contributed by atoms with van der Waals surface area (Å²) in [6, 6.07) is 7.67. The van der Waals surface area contributed by atoms with Crippen LogP contribution in [0.4, 0.5) is 5.82 Å². The van der Waals surface area contributed by atoms with Crippen molar-refractivity contribution in [2.75, 3.05) is 32.1 Å². The number of ether oxygens (including phenoxy) is 1. The molecule has 0 spiro atoms. The van der Waals surface area contributed by atoms with E-state index in [1.165, 1.54) is 0 Å². The number of nitrogens with one attached hydrogen (secondary N) is 2. The summed E-state index contributed by atoms with van der Waals surface area (Å²) in [5.74, 6) is 0.664. The quantitative estimate of drug-likeness (QED) is 0.742. The molecule has 1 amide bonds. The number of anilines is 1. The summed E-state index contributed by atoms with van der Waals surface area (Å²) in [5.41, 5.74) is 1.69. The topological polar surface area (TPSA) is 76.1 Å². The monoisotopic (exact) mass is 274 g/mol. The minimum atomic E-state index is -0.0108. The molecule has 0 atom stereocenters. The van der Waals surface area contributed by atoms with Crippen LogP contribution in [0.1, 0.15) is 6.42 Å². The van der Waals surface area contributed by atoms with Gasteiger partial charge in [0.25, 0.3) is 0 Å². The number of carbonyl (C=O) groups excluding carboxylic acids is 1. The van der Waals surface area contributed by atoms with Gasteiger partial charge in [0.05, 0.1) is 23.8 Å². The molecule has 2 aromatic rings. The molecule has 0 saturated carbocycles. The van der Waals surface area contributed by atoms with E-state index in [0.717, 1.165) is 11.0 Å². The molecule has 0 fully saturated rings. The van der Waals surface area contributed by atoms with Gasteiger partial charge in [0.2, 0.25) is 5.91 Å². The zero-order chi connectivity index (χ0) is 14.2. The van der Waals surface area contributed by atoms with Gasteiger partial charge in [0.1, 0.15) is 5.82 Å². The van der Waals surface area contributed by atoms with Crippen LogP contribution in [0, 0.1) is 0 Å². The summed E-state index contributed by atoms with van der Waals surface area (Å²) >= 11 is 0. The lowest BCUT2D eigenvalue weighted by Crippen LogP contribution is -2.28. The summed E-state index contributed by atoms with van der Waals surface area (Å²) in [7, 11) is 1.60. The minimum absolute atomic E-state index is 0.0108. The molecule has 1 aromatic carbocycles. The molecule has 6 heteroatoms. The molecular formula is C14H18N4O2. The van der Waals surface area contributed by atoms with E-state index < -0.39 is 0 Å². The van der Waals surface area contributed by atoms with Crippen LogP contribution >= 0.6 is 0 Å². The van der Waals surface area contributed by atoms with Gasteiger partial charge in [-0.15, -0.1) is 0 Å². The van der Waals surface area contributed by atoms with Crippen molar-refractivity contribution in [2.45, 2.75) is 6.42 Å². The van der Waals surface area contributed by atoms with Crippen LogP contribution in [0.25, 0.3) is 11.0 Å². The highest BCUT2D eigenvalue weighted by Crippen LogP contribution is 2.10. The Bertz CT molecular complexity index is 574. The third kappa shape index (κ3) is 4.17.